The Morgan fingerprint density at radius 1 is 0.917 bits per heavy atom. The van der Waals surface area contributed by atoms with E-state index < -0.39 is 5.76 Å². The number of hydrogen-bond acceptors (Lipinski definition) is 1. The van der Waals surface area contributed by atoms with Crippen LogP contribution in [0.5, 0.6) is 0 Å². The second-order valence-electron chi connectivity index (χ2n) is 7.22. The summed E-state index contributed by atoms with van der Waals surface area (Å²) in [7, 11) is 0. The molecule has 0 aromatic heterocycles. The third-order valence-corrected chi connectivity index (χ3v) is 6.11. The summed E-state index contributed by atoms with van der Waals surface area (Å²) in [6, 6.07) is 7.83. The van der Waals surface area contributed by atoms with E-state index in [1.807, 2.05) is 12.1 Å². The van der Waals surface area contributed by atoms with Gasteiger partial charge in [-0.2, -0.15) is 8.78 Å². The monoisotopic (exact) mass is 354 g/mol. The van der Waals surface area contributed by atoms with Crippen molar-refractivity contribution in [2.75, 3.05) is 0 Å². The van der Waals surface area contributed by atoms with Crippen LogP contribution in [0.4, 0.5) is 8.78 Å². The molecule has 1 saturated carbocycles. The van der Waals surface area contributed by atoms with Gasteiger partial charge in [0.2, 0.25) is 0 Å². The average Bonchev–Trinajstić information content (AvgIpc) is 2.59. The predicted molar refractivity (Wildman–Crippen MR) is 101 cm³/mol. The largest absolute Gasteiger partial charge is 0.288 e. The van der Waals surface area contributed by atoms with E-state index in [9.17, 15) is 8.78 Å². The van der Waals surface area contributed by atoms with E-state index in [1.54, 1.807) is 0 Å². The molecule has 1 fully saturated rings. The number of benzene rings is 1. The van der Waals surface area contributed by atoms with Gasteiger partial charge in [0.15, 0.2) is 0 Å². The van der Waals surface area contributed by atoms with Crippen molar-refractivity contribution in [2.24, 2.45) is 5.92 Å². The lowest BCUT2D eigenvalue weighted by atomic mass is 9.77. The number of rotatable bonds is 10. The minimum absolute atomic E-state index is 0.636. The lowest BCUT2D eigenvalue weighted by molar-refractivity contribution is 0.252. The molecule has 0 spiro atoms. The zero-order valence-corrected chi connectivity index (χ0v) is 15.8. The van der Waals surface area contributed by atoms with Gasteiger partial charge in [-0.25, -0.2) is 0 Å². The van der Waals surface area contributed by atoms with Crippen LogP contribution in [-0.2, 0) is 0 Å². The van der Waals surface area contributed by atoms with Crippen molar-refractivity contribution in [1.82, 2.24) is 0 Å². The number of thioether (sulfide) groups is 1. The molecule has 1 aliphatic rings. The molecule has 24 heavy (non-hydrogen) atoms. The van der Waals surface area contributed by atoms with Crippen LogP contribution in [-0.4, -0.2) is 5.76 Å². The smallest absolute Gasteiger partial charge is 0.198 e. The first-order valence-corrected chi connectivity index (χ1v) is 10.6. The Labute approximate surface area is 150 Å². The van der Waals surface area contributed by atoms with Crippen molar-refractivity contribution in [1.29, 1.82) is 0 Å². The molecule has 0 atom stereocenters. The van der Waals surface area contributed by atoms with Crippen LogP contribution in [0.3, 0.4) is 0 Å². The van der Waals surface area contributed by atoms with Gasteiger partial charge >= 0.3 is 0 Å². The minimum Gasteiger partial charge on any atom is -0.198 e. The second kappa shape index (κ2) is 11.1. The quantitative estimate of drug-likeness (QED) is 0.303. The summed E-state index contributed by atoms with van der Waals surface area (Å²) in [6.07, 6.45) is 15.0. The SMILES string of the molecule is CCCCCCCC[C@H]1CC[C@H](c2ccc(SC(F)F)cc2)CC1. The molecule has 0 aliphatic heterocycles. The highest BCUT2D eigenvalue weighted by Crippen LogP contribution is 2.38. The van der Waals surface area contributed by atoms with Crippen LogP contribution >= 0.6 is 11.8 Å². The molecule has 0 nitrogen and oxygen atoms in total. The molecule has 2 rings (SSSR count). The van der Waals surface area contributed by atoms with Gasteiger partial charge in [-0.15, -0.1) is 0 Å². The Morgan fingerprint density at radius 2 is 1.54 bits per heavy atom. The number of alkyl halides is 2. The fourth-order valence-electron chi connectivity index (χ4n) is 3.92. The molecule has 0 radical (unpaired) electrons. The Bertz CT molecular complexity index is 436. The molecule has 0 heterocycles. The minimum atomic E-state index is -2.33. The molecule has 136 valence electrons. The highest BCUT2D eigenvalue weighted by Gasteiger charge is 2.22. The Balaban J connectivity index is 1.65. The maximum absolute atomic E-state index is 12.4. The summed E-state index contributed by atoms with van der Waals surface area (Å²) in [5.74, 6) is -0.772. The van der Waals surface area contributed by atoms with Crippen LogP contribution < -0.4 is 0 Å². The van der Waals surface area contributed by atoms with Gasteiger partial charge in [-0.3, -0.25) is 0 Å². The molecule has 0 saturated heterocycles. The molecular weight excluding hydrogens is 322 g/mol. The molecule has 1 aliphatic carbocycles. The van der Waals surface area contributed by atoms with Gasteiger partial charge in [0.25, 0.3) is 5.76 Å². The van der Waals surface area contributed by atoms with Gasteiger partial charge in [0.05, 0.1) is 0 Å². The lowest BCUT2D eigenvalue weighted by Crippen LogP contribution is -2.13. The van der Waals surface area contributed by atoms with Crippen LogP contribution in [0, 0.1) is 5.92 Å². The van der Waals surface area contributed by atoms with Crippen LogP contribution in [0.2, 0.25) is 0 Å². The molecule has 3 heteroatoms. The third-order valence-electron chi connectivity index (χ3n) is 5.39. The maximum atomic E-state index is 12.4. The summed E-state index contributed by atoms with van der Waals surface area (Å²) < 4.78 is 24.7. The normalized spacial score (nSPS) is 21.3. The second-order valence-corrected chi connectivity index (χ2v) is 8.29. The van der Waals surface area contributed by atoms with Gasteiger partial charge in [-0.05, 0) is 55.2 Å². The summed E-state index contributed by atoms with van der Waals surface area (Å²) in [5, 5.41) is 0. The number of halogens is 2. The molecule has 1 aromatic carbocycles. The van der Waals surface area contributed by atoms with E-state index in [0.717, 1.165) is 5.92 Å². The van der Waals surface area contributed by atoms with Crippen LogP contribution in [0.15, 0.2) is 29.2 Å². The van der Waals surface area contributed by atoms with E-state index in [0.29, 0.717) is 22.6 Å². The molecule has 1 aromatic rings. The van der Waals surface area contributed by atoms with E-state index in [2.05, 4.69) is 19.1 Å². The number of hydrogen-bond donors (Lipinski definition) is 0. The summed E-state index contributed by atoms with van der Waals surface area (Å²) in [6.45, 7) is 2.27. The highest BCUT2D eigenvalue weighted by atomic mass is 32.2. The summed E-state index contributed by atoms with van der Waals surface area (Å²) >= 11 is 0.637. The highest BCUT2D eigenvalue weighted by molar-refractivity contribution is 7.99. The maximum Gasteiger partial charge on any atom is 0.288 e. The Morgan fingerprint density at radius 3 is 2.17 bits per heavy atom. The standard InChI is InChI=1S/C21H32F2S/c1-2-3-4-5-6-7-8-17-9-11-18(12-10-17)19-13-15-20(16-14-19)24-21(22)23/h13-18,21H,2-12H2,1H3/t17-,18-. The fraction of sp³-hybridized carbons (Fsp3) is 0.714. The topological polar surface area (TPSA) is 0 Å². The van der Waals surface area contributed by atoms with Gasteiger partial charge in [0.1, 0.15) is 0 Å². The Hall–Kier alpha value is -0.570. The van der Waals surface area contributed by atoms with Crippen molar-refractivity contribution < 1.29 is 8.78 Å². The summed E-state index contributed by atoms with van der Waals surface area (Å²) in [5.41, 5.74) is 1.34. The number of unbranched alkanes of at least 4 members (excludes halogenated alkanes) is 5. The van der Waals surface area contributed by atoms with Crippen molar-refractivity contribution in [3.05, 3.63) is 29.8 Å². The predicted octanol–water partition coefficient (Wildman–Crippen LogP) is 8.03. The van der Waals surface area contributed by atoms with E-state index >= 15 is 0 Å². The van der Waals surface area contributed by atoms with Gasteiger partial charge < -0.3 is 0 Å². The van der Waals surface area contributed by atoms with E-state index in [1.165, 1.54) is 76.2 Å². The van der Waals surface area contributed by atoms with E-state index in [4.69, 9.17) is 0 Å². The van der Waals surface area contributed by atoms with Crippen LogP contribution in [0.25, 0.3) is 0 Å². The zero-order chi connectivity index (χ0) is 17.2. The zero-order valence-electron chi connectivity index (χ0n) is 15.0. The first-order valence-electron chi connectivity index (χ1n) is 9.73. The third kappa shape index (κ3) is 7.13. The Kier molecular flexibility index (Phi) is 9.15. The molecule has 0 amide bonds. The van der Waals surface area contributed by atoms with E-state index in [-0.39, 0.29) is 0 Å². The van der Waals surface area contributed by atoms with Crippen LogP contribution in [0.1, 0.15) is 89.0 Å². The van der Waals surface area contributed by atoms with Crippen molar-refractivity contribution in [3.8, 4) is 0 Å². The molecular formula is C21H32F2S. The molecule has 0 unspecified atom stereocenters. The fourth-order valence-corrected chi connectivity index (χ4v) is 4.42. The van der Waals surface area contributed by atoms with Crippen molar-refractivity contribution in [2.45, 2.75) is 94.1 Å². The first-order chi connectivity index (χ1) is 11.7. The van der Waals surface area contributed by atoms with Crippen molar-refractivity contribution in [3.63, 3.8) is 0 Å². The van der Waals surface area contributed by atoms with Gasteiger partial charge in [0, 0.05) is 4.90 Å². The molecule has 0 N–H and O–H groups in total. The van der Waals surface area contributed by atoms with Gasteiger partial charge in [-0.1, -0.05) is 75.8 Å². The first kappa shape index (κ1) is 19.8. The average molecular weight is 355 g/mol. The van der Waals surface area contributed by atoms with Crippen molar-refractivity contribution >= 4 is 11.8 Å². The lowest BCUT2D eigenvalue weighted by Gasteiger charge is -2.29. The molecule has 0 bridgehead atoms. The summed E-state index contributed by atoms with van der Waals surface area (Å²) in [4.78, 5) is 0.672.